The van der Waals surface area contributed by atoms with Crippen molar-refractivity contribution in [1.82, 2.24) is 5.32 Å². The second-order valence-electron chi connectivity index (χ2n) is 2.44. The number of rotatable bonds is 2. The Morgan fingerprint density at radius 2 is 2.36 bits per heavy atom. The summed E-state index contributed by atoms with van der Waals surface area (Å²) in [6.45, 7) is 3.82. The van der Waals surface area contributed by atoms with Gasteiger partial charge in [0.25, 0.3) is 5.85 Å². The molecule has 0 saturated heterocycles. The molecule has 2 N–H and O–H groups in total. The summed E-state index contributed by atoms with van der Waals surface area (Å²) in [5.41, 5.74) is 0. The van der Waals surface area contributed by atoms with Crippen LogP contribution in [-0.2, 0) is 0 Å². The summed E-state index contributed by atoms with van der Waals surface area (Å²) in [5.74, 6) is -0.430. The lowest BCUT2D eigenvalue weighted by Gasteiger charge is -2.21. The molecule has 0 fully saturated rings. The van der Waals surface area contributed by atoms with E-state index >= 15 is 0 Å². The normalized spacial score (nSPS) is 29.5. The Hall–Kier alpha value is -0.900. The zero-order chi connectivity index (χ0) is 8.32. The highest BCUT2D eigenvalue weighted by atomic mass is 16.3. The van der Waals surface area contributed by atoms with E-state index in [-0.39, 0.29) is 0 Å². The maximum atomic E-state index is 9.56. The van der Waals surface area contributed by atoms with Gasteiger partial charge in [-0.2, -0.15) is 0 Å². The molecule has 1 atom stereocenters. The topological polar surface area (TPSA) is 57.0 Å². The van der Waals surface area contributed by atoms with Crippen LogP contribution in [0.5, 0.6) is 0 Å². The lowest BCUT2D eigenvalue weighted by atomic mass is 10.3. The molecule has 1 rings (SSSR count). The summed E-state index contributed by atoms with van der Waals surface area (Å²) in [7, 11) is 0. The largest absolute Gasteiger partial charge is 0.351 e. The van der Waals surface area contributed by atoms with E-state index in [0.717, 1.165) is 12.3 Å². The van der Waals surface area contributed by atoms with Gasteiger partial charge in [0.05, 0.1) is 6.34 Å². The van der Waals surface area contributed by atoms with Crippen molar-refractivity contribution in [3.63, 3.8) is 0 Å². The summed E-state index contributed by atoms with van der Waals surface area (Å²) in [6, 6.07) is 0. The standard InChI is InChI=1S/C7H13N3O/c1-3-6-8-5-9-7(11,4-2)10-6/h5,11H,3-4H2,1-2H3,(H,8,9,10). The van der Waals surface area contributed by atoms with Gasteiger partial charge in [-0.25, -0.2) is 9.98 Å². The molecule has 11 heavy (non-hydrogen) atoms. The van der Waals surface area contributed by atoms with Gasteiger partial charge < -0.3 is 10.4 Å². The molecule has 0 aromatic heterocycles. The molecule has 4 nitrogen and oxygen atoms in total. The van der Waals surface area contributed by atoms with Crippen LogP contribution in [0, 0.1) is 0 Å². The van der Waals surface area contributed by atoms with Crippen molar-refractivity contribution >= 4 is 12.2 Å². The van der Waals surface area contributed by atoms with Gasteiger partial charge in [-0.1, -0.05) is 13.8 Å². The van der Waals surface area contributed by atoms with Crippen LogP contribution in [0.15, 0.2) is 9.98 Å². The molecule has 1 aliphatic rings. The average molecular weight is 155 g/mol. The second kappa shape index (κ2) is 3.00. The first-order valence-electron chi connectivity index (χ1n) is 3.81. The highest BCUT2D eigenvalue weighted by Crippen LogP contribution is 2.15. The Kier molecular flexibility index (Phi) is 2.24. The third-order valence-electron chi connectivity index (χ3n) is 1.63. The quantitative estimate of drug-likeness (QED) is 0.609. The molecule has 4 heteroatoms. The van der Waals surface area contributed by atoms with Crippen LogP contribution >= 0.6 is 0 Å². The van der Waals surface area contributed by atoms with Crippen LogP contribution in [0.25, 0.3) is 0 Å². The fourth-order valence-corrected chi connectivity index (χ4v) is 0.839. The van der Waals surface area contributed by atoms with Crippen molar-refractivity contribution in [3.05, 3.63) is 0 Å². The fraction of sp³-hybridized carbons (Fsp3) is 0.714. The minimum atomic E-state index is -1.21. The van der Waals surface area contributed by atoms with Gasteiger partial charge in [0.15, 0.2) is 0 Å². The molecule has 0 aliphatic carbocycles. The van der Waals surface area contributed by atoms with E-state index in [1.807, 2.05) is 13.8 Å². The molecule has 62 valence electrons. The molecule has 1 heterocycles. The van der Waals surface area contributed by atoms with E-state index in [0.29, 0.717) is 6.42 Å². The number of hydrogen-bond donors (Lipinski definition) is 2. The summed E-state index contributed by atoms with van der Waals surface area (Å²) < 4.78 is 0. The molecule has 1 unspecified atom stereocenters. The molecular formula is C7H13N3O. The number of aliphatic hydroxyl groups is 1. The van der Waals surface area contributed by atoms with Crippen LogP contribution in [0.4, 0.5) is 0 Å². The Bertz CT molecular complexity index is 200. The Morgan fingerprint density at radius 1 is 1.64 bits per heavy atom. The number of aliphatic imine (C=N–C) groups is 2. The number of hydrogen-bond acceptors (Lipinski definition) is 4. The first-order chi connectivity index (χ1) is 5.20. The molecule has 1 aliphatic heterocycles. The predicted molar refractivity (Wildman–Crippen MR) is 44.6 cm³/mol. The van der Waals surface area contributed by atoms with E-state index in [9.17, 15) is 5.11 Å². The zero-order valence-corrected chi connectivity index (χ0v) is 6.83. The van der Waals surface area contributed by atoms with Gasteiger partial charge in [-0.05, 0) is 0 Å². The smallest absolute Gasteiger partial charge is 0.256 e. The first-order valence-corrected chi connectivity index (χ1v) is 3.81. The minimum absolute atomic E-state index is 0.509. The van der Waals surface area contributed by atoms with E-state index < -0.39 is 5.85 Å². The van der Waals surface area contributed by atoms with Crippen molar-refractivity contribution in [3.8, 4) is 0 Å². The third kappa shape index (κ3) is 1.77. The fourth-order valence-electron chi connectivity index (χ4n) is 0.839. The maximum Gasteiger partial charge on any atom is 0.256 e. The molecule has 0 aromatic carbocycles. The van der Waals surface area contributed by atoms with E-state index in [1.165, 1.54) is 6.34 Å². The first kappa shape index (κ1) is 8.20. The van der Waals surface area contributed by atoms with Crippen molar-refractivity contribution < 1.29 is 5.11 Å². The van der Waals surface area contributed by atoms with E-state index in [2.05, 4.69) is 15.3 Å². The summed E-state index contributed by atoms with van der Waals surface area (Å²) in [4.78, 5) is 7.82. The Morgan fingerprint density at radius 3 is 2.91 bits per heavy atom. The lowest BCUT2D eigenvalue weighted by molar-refractivity contribution is 0.0539. The van der Waals surface area contributed by atoms with Crippen molar-refractivity contribution in [2.75, 3.05) is 0 Å². The number of nitrogens with zero attached hydrogens (tertiary/aromatic N) is 2. The minimum Gasteiger partial charge on any atom is -0.351 e. The van der Waals surface area contributed by atoms with Gasteiger partial charge >= 0.3 is 0 Å². The Balaban J connectivity index is 2.75. The monoisotopic (exact) mass is 155 g/mol. The van der Waals surface area contributed by atoms with Gasteiger partial charge in [0.2, 0.25) is 0 Å². The molecule has 0 saturated carbocycles. The third-order valence-corrected chi connectivity index (χ3v) is 1.63. The van der Waals surface area contributed by atoms with Gasteiger partial charge in [0.1, 0.15) is 5.84 Å². The SMILES string of the molecule is CCC1=NC(O)(CC)N=CN1. The summed E-state index contributed by atoms with van der Waals surface area (Å²) in [6.07, 6.45) is 2.79. The second-order valence-corrected chi connectivity index (χ2v) is 2.44. The molecule has 0 amide bonds. The molecule has 0 aromatic rings. The van der Waals surface area contributed by atoms with Gasteiger partial charge in [0, 0.05) is 12.8 Å². The summed E-state index contributed by atoms with van der Waals surface area (Å²) in [5, 5.41) is 12.4. The van der Waals surface area contributed by atoms with Crippen molar-refractivity contribution in [1.29, 1.82) is 0 Å². The van der Waals surface area contributed by atoms with E-state index in [4.69, 9.17) is 0 Å². The molecule has 0 bridgehead atoms. The molecule has 0 radical (unpaired) electrons. The lowest BCUT2D eigenvalue weighted by Crippen LogP contribution is -2.35. The summed E-state index contributed by atoms with van der Waals surface area (Å²) >= 11 is 0. The van der Waals surface area contributed by atoms with Gasteiger partial charge in [-0.3, -0.25) is 0 Å². The number of nitrogens with one attached hydrogen (secondary N) is 1. The maximum absolute atomic E-state index is 9.56. The van der Waals surface area contributed by atoms with Crippen LogP contribution in [0.1, 0.15) is 26.7 Å². The number of amidine groups is 1. The molecular weight excluding hydrogens is 142 g/mol. The Labute approximate surface area is 66.1 Å². The van der Waals surface area contributed by atoms with Crippen LogP contribution in [0.2, 0.25) is 0 Å². The van der Waals surface area contributed by atoms with Crippen LogP contribution in [-0.4, -0.2) is 23.1 Å². The van der Waals surface area contributed by atoms with Crippen LogP contribution in [0.3, 0.4) is 0 Å². The highest BCUT2D eigenvalue weighted by molar-refractivity contribution is 5.93. The predicted octanol–water partition coefficient (Wildman–Crippen LogP) is 0.483. The molecule has 0 spiro atoms. The van der Waals surface area contributed by atoms with Gasteiger partial charge in [-0.15, -0.1) is 0 Å². The van der Waals surface area contributed by atoms with Crippen molar-refractivity contribution in [2.45, 2.75) is 32.5 Å². The zero-order valence-electron chi connectivity index (χ0n) is 6.83. The van der Waals surface area contributed by atoms with Crippen molar-refractivity contribution in [2.24, 2.45) is 9.98 Å². The van der Waals surface area contributed by atoms with Crippen LogP contribution < -0.4 is 5.32 Å². The highest BCUT2D eigenvalue weighted by Gasteiger charge is 2.23. The average Bonchev–Trinajstić information content (AvgIpc) is 2.05. The van der Waals surface area contributed by atoms with E-state index in [1.54, 1.807) is 0 Å².